The minimum Gasteiger partial charge on any atom is -0.382 e. The van der Waals surface area contributed by atoms with E-state index >= 15 is 0 Å². The number of hydrogen-bond donors (Lipinski definition) is 2. The summed E-state index contributed by atoms with van der Waals surface area (Å²) in [5.41, 5.74) is 6.55. The molecule has 1 aromatic heterocycles. The van der Waals surface area contributed by atoms with Gasteiger partial charge in [0.25, 0.3) is 5.91 Å². The van der Waals surface area contributed by atoms with Crippen LogP contribution in [0.15, 0.2) is 35.5 Å². The van der Waals surface area contributed by atoms with Crippen LogP contribution >= 0.6 is 0 Å². The number of hydrogen-bond acceptors (Lipinski definition) is 7. The monoisotopic (exact) mass is 377 g/mol. The molecule has 1 aliphatic heterocycles. The Hall–Kier alpha value is -2.56. The minimum absolute atomic E-state index is 0.00160. The fraction of sp³-hybridized carbons (Fsp3) is 0.312. The predicted molar refractivity (Wildman–Crippen MR) is 95.2 cm³/mol. The smallest absolute Gasteiger partial charge is 0.278 e. The number of aryl methyl sites for hydroxylation is 1. The number of nitrogens with one attached hydrogen (secondary N) is 1. The minimum atomic E-state index is -3.67. The zero-order valence-corrected chi connectivity index (χ0v) is 15.0. The van der Waals surface area contributed by atoms with Crippen LogP contribution in [0.1, 0.15) is 16.1 Å². The number of morpholine rings is 1. The topological polar surface area (TPSA) is 128 Å². The van der Waals surface area contributed by atoms with Gasteiger partial charge in [-0.3, -0.25) is 4.79 Å². The van der Waals surface area contributed by atoms with Gasteiger partial charge in [-0.2, -0.15) is 4.31 Å². The number of amides is 1. The number of anilines is 2. The molecule has 0 unspecified atom stereocenters. The summed E-state index contributed by atoms with van der Waals surface area (Å²) in [5, 5.41) is 2.61. The molecule has 1 saturated heterocycles. The zero-order chi connectivity index (χ0) is 18.7. The predicted octanol–water partition coefficient (Wildman–Crippen LogP) is 0.640. The summed E-state index contributed by atoms with van der Waals surface area (Å²) < 4.78 is 32.4. The van der Waals surface area contributed by atoms with Gasteiger partial charge in [-0.05, 0) is 24.6 Å². The second-order valence-corrected chi connectivity index (χ2v) is 7.65. The Morgan fingerprint density at radius 3 is 2.62 bits per heavy atom. The van der Waals surface area contributed by atoms with Crippen molar-refractivity contribution in [1.29, 1.82) is 0 Å². The largest absolute Gasteiger partial charge is 0.382 e. The molecule has 2 heterocycles. The van der Waals surface area contributed by atoms with Gasteiger partial charge >= 0.3 is 0 Å². The van der Waals surface area contributed by atoms with Crippen LogP contribution in [0, 0.1) is 6.92 Å². The lowest BCUT2D eigenvalue weighted by molar-refractivity contribution is 0.0730. The summed E-state index contributed by atoms with van der Waals surface area (Å²) in [6.45, 7) is 3.03. The lowest BCUT2D eigenvalue weighted by atomic mass is 10.2. The zero-order valence-electron chi connectivity index (χ0n) is 14.2. The van der Waals surface area contributed by atoms with Gasteiger partial charge in [0.1, 0.15) is 0 Å². The second-order valence-electron chi connectivity index (χ2n) is 5.74. The van der Waals surface area contributed by atoms with Gasteiger partial charge in [-0.1, -0.05) is 6.07 Å². The van der Waals surface area contributed by atoms with E-state index in [9.17, 15) is 13.2 Å². The van der Waals surface area contributed by atoms with Crippen molar-refractivity contribution in [1.82, 2.24) is 14.3 Å². The SMILES string of the molecule is Cc1ccc(NC(=O)c2nccnc2N)cc1S(=O)(=O)N1CCOCC1. The van der Waals surface area contributed by atoms with Crippen LogP contribution in [0.5, 0.6) is 0 Å². The van der Waals surface area contributed by atoms with Crippen molar-refractivity contribution in [3.8, 4) is 0 Å². The Labute approximate surface area is 151 Å². The van der Waals surface area contributed by atoms with Crippen LogP contribution in [0.2, 0.25) is 0 Å². The Kier molecular flexibility index (Phi) is 5.16. The van der Waals surface area contributed by atoms with Gasteiger partial charge in [0, 0.05) is 31.2 Å². The van der Waals surface area contributed by atoms with E-state index in [0.29, 0.717) is 37.6 Å². The van der Waals surface area contributed by atoms with Gasteiger partial charge in [0.05, 0.1) is 18.1 Å². The molecule has 0 radical (unpaired) electrons. The maximum absolute atomic E-state index is 12.9. The number of benzene rings is 1. The molecule has 138 valence electrons. The molecule has 1 amide bonds. The number of carbonyl (C=O) groups is 1. The van der Waals surface area contributed by atoms with Crippen molar-refractivity contribution in [3.05, 3.63) is 41.9 Å². The number of nitrogen functional groups attached to an aromatic ring is 1. The first-order valence-electron chi connectivity index (χ1n) is 7.96. The maximum atomic E-state index is 12.9. The van der Waals surface area contributed by atoms with E-state index in [2.05, 4.69) is 15.3 Å². The molecule has 0 bridgehead atoms. The van der Waals surface area contributed by atoms with E-state index in [-0.39, 0.29) is 16.4 Å². The van der Waals surface area contributed by atoms with Crippen molar-refractivity contribution in [3.63, 3.8) is 0 Å². The Balaban J connectivity index is 1.88. The molecule has 26 heavy (non-hydrogen) atoms. The standard InChI is InChI=1S/C16H19N5O4S/c1-11-2-3-12(20-16(22)14-15(17)19-5-4-18-14)10-13(11)26(23,24)21-6-8-25-9-7-21/h2-5,10H,6-9H2,1H3,(H2,17,19)(H,20,22). The van der Waals surface area contributed by atoms with Crippen LogP contribution in [-0.2, 0) is 14.8 Å². The number of aromatic nitrogens is 2. The van der Waals surface area contributed by atoms with Gasteiger partial charge in [0.2, 0.25) is 10.0 Å². The molecular weight excluding hydrogens is 358 g/mol. The highest BCUT2D eigenvalue weighted by Crippen LogP contribution is 2.24. The van der Waals surface area contributed by atoms with E-state index in [1.807, 2.05) is 0 Å². The van der Waals surface area contributed by atoms with Crippen LogP contribution in [0.25, 0.3) is 0 Å². The van der Waals surface area contributed by atoms with Crippen molar-refractivity contribution >= 4 is 27.4 Å². The molecule has 1 fully saturated rings. The molecule has 0 spiro atoms. The summed E-state index contributed by atoms with van der Waals surface area (Å²) in [5.74, 6) is -0.563. The molecule has 0 atom stereocenters. The number of sulfonamides is 1. The van der Waals surface area contributed by atoms with E-state index in [0.717, 1.165) is 0 Å². The lowest BCUT2D eigenvalue weighted by Gasteiger charge is -2.26. The molecule has 1 aromatic carbocycles. The first-order chi connectivity index (χ1) is 12.4. The summed E-state index contributed by atoms with van der Waals surface area (Å²) in [7, 11) is -3.67. The van der Waals surface area contributed by atoms with E-state index < -0.39 is 15.9 Å². The van der Waals surface area contributed by atoms with Gasteiger partial charge in [-0.25, -0.2) is 18.4 Å². The quantitative estimate of drug-likeness (QED) is 0.800. The number of nitrogens with two attached hydrogens (primary N) is 1. The molecule has 10 heteroatoms. The van der Waals surface area contributed by atoms with Crippen LogP contribution in [0.3, 0.4) is 0 Å². The summed E-state index contributed by atoms with van der Waals surface area (Å²) in [6, 6.07) is 4.70. The maximum Gasteiger partial charge on any atom is 0.278 e. The Morgan fingerprint density at radius 1 is 1.23 bits per heavy atom. The van der Waals surface area contributed by atoms with Gasteiger partial charge in [-0.15, -0.1) is 0 Å². The molecule has 3 N–H and O–H groups in total. The van der Waals surface area contributed by atoms with Crippen LogP contribution < -0.4 is 11.1 Å². The van der Waals surface area contributed by atoms with Crippen LogP contribution in [0.4, 0.5) is 11.5 Å². The van der Waals surface area contributed by atoms with Crippen LogP contribution in [-0.4, -0.2) is 54.9 Å². The Morgan fingerprint density at radius 2 is 1.92 bits per heavy atom. The first-order valence-corrected chi connectivity index (χ1v) is 9.40. The first kappa shape index (κ1) is 18.2. The van der Waals surface area contributed by atoms with E-state index in [1.165, 1.54) is 22.8 Å². The van der Waals surface area contributed by atoms with Crippen molar-refractivity contribution in [2.45, 2.75) is 11.8 Å². The third-order valence-corrected chi connectivity index (χ3v) is 6.02. The fourth-order valence-corrected chi connectivity index (χ4v) is 4.25. The number of nitrogens with zero attached hydrogens (tertiary/aromatic N) is 3. The average Bonchev–Trinajstić information content (AvgIpc) is 2.64. The number of ether oxygens (including phenoxy) is 1. The third kappa shape index (κ3) is 3.66. The van der Waals surface area contributed by atoms with E-state index in [4.69, 9.17) is 10.5 Å². The van der Waals surface area contributed by atoms with Gasteiger partial charge < -0.3 is 15.8 Å². The van der Waals surface area contributed by atoms with Gasteiger partial charge in [0.15, 0.2) is 11.5 Å². The molecule has 0 aliphatic carbocycles. The Bertz CT molecular complexity index is 926. The highest BCUT2D eigenvalue weighted by Gasteiger charge is 2.28. The van der Waals surface area contributed by atoms with Crippen molar-refractivity contribution < 1.29 is 17.9 Å². The molecule has 1 aliphatic rings. The molecule has 9 nitrogen and oxygen atoms in total. The molecule has 3 rings (SSSR count). The summed E-state index contributed by atoms with van der Waals surface area (Å²) >= 11 is 0. The average molecular weight is 377 g/mol. The lowest BCUT2D eigenvalue weighted by Crippen LogP contribution is -2.40. The normalized spacial score (nSPS) is 15.6. The highest BCUT2D eigenvalue weighted by molar-refractivity contribution is 7.89. The van der Waals surface area contributed by atoms with Crippen molar-refractivity contribution in [2.24, 2.45) is 0 Å². The molecule has 0 saturated carbocycles. The fourth-order valence-electron chi connectivity index (χ4n) is 2.60. The summed E-state index contributed by atoms with van der Waals surface area (Å²) in [4.78, 5) is 20.2. The summed E-state index contributed by atoms with van der Waals surface area (Å²) in [6.07, 6.45) is 2.74. The van der Waals surface area contributed by atoms with Crippen molar-refractivity contribution in [2.75, 3.05) is 37.4 Å². The third-order valence-electron chi connectivity index (χ3n) is 3.98. The highest BCUT2D eigenvalue weighted by atomic mass is 32.2. The van der Waals surface area contributed by atoms with E-state index in [1.54, 1.807) is 19.1 Å². The second kappa shape index (κ2) is 7.36. The number of rotatable bonds is 4. The molecular formula is C16H19N5O4S. The number of carbonyl (C=O) groups excluding carboxylic acids is 1. The molecule has 2 aromatic rings.